The van der Waals surface area contributed by atoms with E-state index >= 15 is 0 Å². The Morgan fingerprint density at radius 3 is 2.74 bits per heavy atom. The lowest BCUT2D eigenvalue weighted by Crippen LogP contribution is -2.49. The fourth-order valence-corrected chi connectivity index (χ4v) is 3.15. The number of hydrogen-bond acceptors (Lipinski definition) is 4. The van der Waals surface area contributed by atoms with Crippen LogP contribution in [0.2, 0.25) is 5.02 Å². The molecule has 1 aliphatic heterocycles. The Labute approximate surface area is 164 Å². The molecule has 0 saturated carbocycles. The monoisotopic (exact) mass is 399 g/mol. The lowest BCUT2D eigenvalue weighted by Gasteiger charge is -2.35. The molecule has 2 N–H and O–H groups in total. The van der Waals surface area contributed by atoms with E-state index in [1.54, 1.807) is 0 Å². The summed E-state index contributed by atoms with van der Waals surface area (Å²) in [6, 6.07) is 4.13. The quantitative estimate of drug-likeness (QED) is 0.790. The molecular formula is C19H27ClFN3O3. The number of nitrogens with one attached hydrogen (secondary N) is 2. The third-order valence-electron chi connectivity index (χ3n) is 4.18. The van der Waals surface area contributed by atoms with E-state index in [2.05, 4.69) is 10.6 Å². The third-order valence-corrected chi connectivity index (χ3v) is 4.47. The van der Waals surface area contributed by atoms with Crippen LogP contribution in [0.15, 0.2) is 18.2 Å². The Bertz CT molecular complexity index is 679. The van der Waals surface area contributed by atoms with Gasteiger partial charge in [0.05, 0.1) is 11.6 Å². The van der Waals surface area contributed by atoms with E-state index in [0.29, 0.717) is 12.2 Å². The van der Waals surface area contributed by atoms with Gasteiger partial charge in [-0.2, -0.15) is 0 Å². The molecule has 1 atom stereocenters. The van der Waals surface area contributed by atoms with Gasteiger partial charge in [0.15, 0.2) is 0 Å². The van der Waals surface area contributed by atoms with Crippen LogP contribution in [-0.2, 0) is 9.53 Å². The van der Waals surface area contributed by atoms with Crippen molar-refractivity contribution >= 4 is 29.3 Å². The number of rotatable bonds is 5. The molecule has 1 aromatic carbocycles. The van der Waals surface area contributed by atoms with Crippen LogP contribution in [0, 0.1) is 5.82 Å². The Hall–Kier alpha value is -1.86. The van der Waals surface area contributed by atoms with Gasteiger partial charge in [-0.1, -0.05) is 18.0 Å². The van der Waals surface area contributed by atoms with Gasteiger partial charge in [0, 0.05) is 18.3 Å². The molecule has 1 unspecified atom stereocenters. The minimum Gasteiger partial charge on any atom is -0.444 e. The van der Waals surface area contributed by atoms with Crippen LogP contribution in [0.5, 0.6) is 0 Å². The molecule has 27 heavy (non-hydrogen) atoms. The topological polar surface area (TPSA) is 70.7 Å². The number of benzene rings is 1. The van der Waals surface area contributed by atoms with Crippen LogP contribution < -0.4 is 10.6 Å². The predicted octanol–water partition coefficient (Wildman–Crippen LogP) is 3.80. The van der Waals surface area contributed by atoms with Gasteiger partial charge in [-0.25, -0.2) is 9.18 Å². The SMILES string of the molecule is CC(C)(C)OC(=O)NCC1CCCCN1CC(=O)Nc1ccc(F)c(Cl)c1. The number of hydrogen-bond donors (Lipinski definition) is 2. The summed E-state index contributed by atoms with van der Waals surface area (Å²) < 4.78 is 18.5. The van der Waals surface area contributed by atoms with E-state index in [0.717, 1.165) is 25.8 Å². The molecule has 0 bridgehead atoms. The van der Waals surface area contributed by atoms with Crippen molar-refractivity contribution in [1.29, 1.82) is 0 Å². The maximum Gasteiger partial charge on any atom is 0.407 e. The molecular weight excluding hydrogens is 373 g/mol. The Balaban J connectivity index is 1.87. The van der Waals surface area contributed by atoms with E-state index in [9.17, 15) is 14.0 Å². The van der Waals surface area contributed by atoms with Gasteiger partial charge in [0.2, 0.25) is 5.91 Å². The summed E-state index contributed by atoms with van der Waals surface area (Å²) in [6.45, 7) is 6.82. The lowest BCUT2D eigenvalue weighted by atomic mass is 10.0. The molecule has 0 aliphatic carbocycles. The molecule has 1 aliphatic rings. The van der Waals surface area contributed by atoms with Gasteiger partial charge in [-0.05, 0) is 58.4 Å². The second-order valence-corrected chi connectivity index (χ2v) is 8.09. The first-order chi connectivity index (χ1) is 12.6. The first-order valence-corrected chi connectivity index (χ1v) is 9.47. The van der Waals surface area contributed by atoms with Crippen LogP contribution in [-0.4, -0.2) is 48.2 Å². The number of carbonyl (C=O) groups is 2. The first kappa shape index (κ1) is 21.4. The zero-order valence-electron chi connectivity index (χ0n) is 16.0. The number of likely N-dealkylation sites (tertiary alicyclic amines) is 1. The maximum absolute atomic E-state index is 13.2. The van der Waals surface area contributed by atoms with Crippen LogP contribution in [0.25, 0.3) is 0 Å². The number of carbonyl (C=O) groups excluding carboxylic acids is 2. The van der Waals surface area contributed by atoms with E-state index in [1.165, 1.54) is 18.2 Å². The summed E-state index contributed by atoms with van der Waals surface area (Å²) >= 11 is 5.74. The molecule has 1 heterocycles. The maximum atomic E-state index is 13.2. The Kier molecular flexibility index (Phi) is 7.44. The first-order valence-electron chi connectivity index (χ1n) is 9.10. The van der Waals surface area contributed by atoms with Crippen molar-refractivity contribution < 1.29 is 18.7 Å². The van der Waals surface area contributed by atoms with Crippen LogP contribution in [0.3, 0.4) is 0 Å². The molecule has 0 spiro atoms. The molecule has 1 aromatic rings. The summed E-state index contributed by atoms with van der Waals surface area (Å²) in [4.78, 5) is 26.2. The average Bonchev–Trinajstić information content (AvgIpc) is 2.56. The number of alkyl carbamates (subject to hydrolysis) is 1. The summed E-state index contributed by atoms with van der Waals surface area (Å²) in [5.74, 6) is -0.735. The zero-order chi connectivity index (χ0) is 20.0. The number of halogens is 2. The molecule has 1 fully saturated rings. The van der Waals surface area contributed by atoms with Gasteiger partial charge in [0.25, 0.3) is 0 Å². The third kappa shape index (κ3) is 7.34. The van der Waals surface area contributed by atoms with E-state index < -0.39 is 17.5 Å². The van der Waals surface area contributed by atoms with Crippen LogP contribution in [0.1, 0.15) is 40.0 Å². The van der Waals surface area contributed by atoms with Crippen molar-refractivity contribution in [3.8, 4) is 0 Å². The fraction of sp³-hybridized carbons (Fsp3) is 0.579. The van der Waals surface area contributed by atoms with Crippen LogP contribution >= 0.6 is 11.6 Å². The highest BCUT2D eigenvalue weighted by Crippen LogP contribution is 2.20. The standard InChI is InChI=1S/C19H27ClFN3O3/c1-19(2,3)27-18(26)22-11-14-6-4-5-9-24(14)12-17(25)23-13-7-8-16(21)15(20)10-13/h7-8,10,14H,4-6,9,11-12H2,1-3H3,(H,22,26)(H,23,25). The molecule has 1 saturated heterocycles. The average molecular weight is 400 g/mol. The van der Waals surface area contributed by atoms with E-state index in [-0.39, 0.29) is 23.5 Å². The number of nitrogens with zero attached hydrogens (tertiary/aromatic N) is 1. The summed E-state index contributed by atoms with van der Waals surface area (Å²) in [5.41, 5.74) is -0.0982. The fourth-order valence-electron chi connectivity index (χ4n) is 2.97. The minimum absolute atomic E-state index is 0.0368. The van der Waals surface area contributed by atoms with E-state index in [1.807, 2.05) is 25.7 Å². The molecule has 150 valence electrons. The van der Waals surface area contributed by atoms with Crippen molar-refractivity contribution in [2.75, 3.05) is 25.0 Å². The summed E-state index contributed by atoms with van der Waals surface area (Å²) in [7, 11) is 0. The van der Waals surface area contributed by atoms with Gasteiger partial charge >= 0.3 is 6.09 Å². The Morgan fingerprint density at radius 1 is 1.33 bits per heavy atom. The second-order valence-electron chi connectivity index (χ2n) is 7.68. The predicted molar refractivity (Wildman–Crippen MR) is 103 cm³/mol. The van der Waals surface area contributed by atoms with Crippen molar-refractivity contribution in [1.82, 2.24) is 10.2 Å². The Morgan fingerprint density at radius 2 is 2.07 bits per heavy atom. The van der Waals surface area contributed by atoms with Crippen molar-refractivity contribution in [3.05, 3.63) is 29.0 Å². The van der Waals surface area contributed by atoms with Crippen molar-refractivity contribution in [3.63, 3.8) is 0 Å². The van der Waals surface area contributed by atoms with Gasteiger partial charge in [0.1, 0.15) is 11.4 Å². The summed E-state index contributed by atoms with van der Waals surface area (Å²) in [6.07, 6.45) is 2.48. The highest BCUT2D eigenvalue weighted by Gasteiger charge is 2.25. The van der Waals surface area contributed by atoms with Gasteiger partial charge in [-0.15, -0.1) is 0 Å². The normalized spacial score (nSPS) is 18.0. The zero-order valence-corrected chi connectivity index (χ0v) is 16.7. The number of ether oxygens (including phenoxy) is 1. The lowest BCUT2D eigenvalue weighted by molar-refractivity contribution is -0.118. The molecule has 8 heteroatoms. The molecule has 6 nitrogen and oxygen atoms in total. The molecule has 2 amide bonds. The summed E-state index contributed by atoms with van der Waals surface area (Å²) in [5, 5.41) is 5.48. The molecule has 0 radical (unpaired) electrons. The van der Waals surface area contributed by atoms with Crippen molar-refractivity contribution in [2.24, 2.45) is 0 Å². The van der Waals surface area contributed by atoms with E-state index in [4.69, 9.17) is 16.3 Å². The van der Waals surface area contributed by atoms with Gasteiger partial charge < -0.3 is 15.4 Å². The highest BCUT2D eigenvalue weighted by molar-refractivity contribution is 6.31. The van der Waals surface area contributed by atoms with Gasteiger partial charge in [-0.3, -0.25) is 9.69 Å². The minimum atomic E-state index is -0.549. The highest BCUT2D eigenvalue weighted by atomic mass is 35.5. The largest absolute Gasteiger partial charge is 0.444 e. The second kappa shape index (κ2) is 9.37. The van der Waals surface area contributed by atoms with Crippen molar-refractivity contribution in [2.45, 2.75) is 51.7 Å². The number of anilines is 1. The van der Waals surface area contributed by atoms with Crippen LogP contribution in [0.4, 0.5) is 14.9 Å². The smallest absolute Gasteiger partial charge is 0.407 e. The number of piperidine rings is 1. The molecule has 0 aromatic heterocycles. The number of amides is 2. The molecule has 2 rings (SSSR count).